The van der Waals surface area contributed by atoms with Crippen molar-refractivity contribution in [3.8, 4) is 17.2 Å². The van der Waals surface area contributed by atoms with E-state index >= 15 is 0 Å². The molecule has 4 aromatic rings. The lowest BCUT2D eigenvalue weighted by Crippen LogP contribution is -2.14. The molecule has 9 nitrogen and oxygen atoms in total. The number of benzene rings is 3. The average Bonchev–Trinajstić information content (AvgIpc) is 3.24. The van der Waals surface area contributed by atoms with Crippen LogP contribution in [0.3, 0.4) is 0 Å². The first-order valence-corrected chi connectivity index (χ1v) is 11.9. The summed E-state index contributed by atoms with van der Waals surface area (Å²) in [6.45, 7) is 0. The number of hydrogen-bond acceptors (Lipinski definition) is 6. The molecule has 0 atom stereocenters. The first kappa shape index (κ1) is 23.7. The highest BCUT2D eigenvalue weighted by atomic mass is 35.5. The minimum absolute atomic E-state index is 0.0440. The molecule has 0 aliphatic heterocycles. The Labute approximate surface area is 204 Å². The van der Waals surface area contributed by atoms with Crippen LogP contribution in [0.2, 0.25) is 10.0 Å². The minimum atomic E-state index is -4.14. The fourth-order valence-electron chi connectivity index (χ4n) is 3.27. The molecule has 0 radical (unpaired) electrons. The largest absolute Gasteiger partial charge is 0.493 e. The number of carboxylic acid groups (broad SMARTS) is 1. The number of aromatic amines is 1. The van der Waals surface area contributed by atoms with E-state index in [1.807, 2.05) is 0 Å². The summed E-state index contributed by atoms with van der Waals surface area (Å²) in [5.41, 5.74) is 1.20. The summed E-state index contributed by atoms with van der Waals surface area (Å²) in [5, 5.41) is 16.5. The zero-order chi connectivity index (χ0) is 24.5. The lowest BCUT2D eigenvalue weighted by atomic mass is 10.1. The molecule has 0 aliphatic rings. The van der Waals surface area contributed by atoms with E-state index < -0.39 is 16.0 Å². The molecule has 34 heavy (non-hydrogen) atoms. The van der Waals surface area contributed by atoms with Crippen LogP contribution in [0.15, 0.2) is 59.6 Å². The van der Waals surface area contributed by atoms with Crippen LogP contribution in [-0.2, 0) is 21.2 Å². The summed E-state index contributed by atoms with van der Waals surface area (Å²) in [6.07, 6.45) is 1.27. The predicted octanol–water partition coefficient (Wildman–Crippen LogP) is 5.10. The number of H-pyrrole nitrogens is 1. The Kier molecular flexibility index (Phi) is 6.56. The van der Waals surface area contributed by atoms with E-state index in [-0.39, 0.29) is 39.3 Å². The van der Waals surface area contributed by atoms with Gasteiger partial charge in [0, 0.05) is 10.4 Å². The highest BCUT2D eigenvalue weighted by molar-refractivity contribution is 7.92. The monoisotopic (exact) mass is 521 g/mol. The molecule has 0 amide bonds. The number of hydrogen-bond donors (Lipinski definition) is 3. The first-order chi connectivity index (χ1) is 16.2. The van der Waals surface area contributed by atoms with Crippen LogP contribution in [0.5, 0.6) is 17.2 Å². The van der Waals surface area contributed by atoms with Gasteiger partial charge in [-0.15, -0.1) is 0 Å². The number of nitrogens with one attached hydrogen (secondary N) is 2. The molecule has 0 aliphatic carbocycles. The smallest absolute Gasteiger partial charge is 0.307 e. The van der Waals surface area contributed by atoms with Crippen LogP contribution in [0.4, 0.5) is 5.69 Å². The maximum absolute atomic E-state index is 13.2. The van der Waals surface area contributed by atoms with Crippen molar-refractivity contribution >= 4 is 55.8 Å². The molecule has 0 spiro atoms. The van der Waals surface area contributed by atoms with Crippen LogP contribution in [0.25, 0.3) is 10.9 Å². The van der Waals surface area contributed by atoms with E-state index in [0.717, 1.165) is 0 Å². The minimum Gasteiger partial charge on any atom is -0.493 e. The van der Waals surface area contributed by atoms with Crippen LogP contribution < -0.4 is 14.2 Å². The van der Waals surface area contributed by atoms with E-state index in [0.29, 0.717) is 21.5 Å². The van der Waals surface area contributed by atoms with Gasteiger partial charge in [-0.05, 0) is 48.0 Å². The van der Waals surface area contributed by atoms with Crippen LogP contribution >= 0.6 is 23.2 Å². The quantitative estimate of drug-likeness (QED) is 0.294. The second kappa shape index (κ2) is 9.41. The summed E-state index contributed by atoms with van der Waals surface area (Å²) in [7, 11) is -2.72. The molecule has 3 aromatic carbocycles. The van der Waals surface area contributed by atoms with Crippen LogP contribution in [0, 0.1) is 0 Å². The highest BCUT2D eigenvalue weighted by Gasteiger charge is 2.23. The molecule has 0 saturated carbocycles. The molecule has 0 saturated heterocycles. The standard InChI is InChI=1S/C22H17Cl2N3O6S/c1-32-19-8-12(9-21(28)29)2-5-17(19)33-18-6-4-16-14(11-25-26-16)22(18)27-34(30,31)20-7-3-13(23)10-15(20)24/h2-8,10-11,27H,9H2,1H3,(H,25,26)(H,28,29). The van der Waals surface area contributed by atoms with Crippen LogP contribution in [-0.4, -0.2) is 36.8 Å². The van der Waals surface area contributed by atoms with Gasteiger partial charge in [-0.2, -0.15) is 5.10 Å². The van der Waals surface area contributed by atoms with Gasteiger partial charge in [0.2, 0.25) is 0 Å². The van der Waals surface area contributed by atoms with E-state index in [1.54, 1.807) is 24.3 Å². The van der Waals surface area contributed by atoms with Crippen molar-refractivity contribution in [2.45, 2.75) is 11.3 Å². The topological polar surface area (TPSA) is 131 Å². The summed E-state index contributed by atoms with van der Waals surface area (Å²) >= 11 is 12.0. The number of nitrogens with zero attached hydrogens (tertiary/aromatic N) is 1. The highest BCUT2D eigenvalue weighted by Crippen LogP contribution is 2.40. The molecule has 0 fully saturated rings. The maximum Gasteiger partial charge on any atom is 0.307 e. The molecule has 176 valence electrons. The number of ether oxygens (including phenoxy) is 2. The normalized spacial score (nSPS) is 11.4. The third-order valence-electron chi connectivity index (χ3n) is 4.81. The Bertz CT molecular complexity index is 1500. The molecule has 12 heteroatoms. The molecule has 1 heterocycles. The van der Waals surface area contributed by atoms with E-state index in [4.69, 9.17) is 37.8 Å². The molecular formula is C22H17Cl2N3O6S. The number of sulfonamides is 1. The predicted molar refractivity (Wildman–Crippen MR) is 128 cm³/mol. The summed E-state index contributed by atoms with van der Waals surface area (Å²) in [4.78, 5) is 10.9. The van der Waals surface area contributed by atoms with Crippen molar-refractivity contribution in [2.75, 3.05) is 11.8 Å². The van der Waals surface area contributed by atoms with Crippen molar-refractivity contribution in [3.63, 3.8) is 0 Å². The first-order valence-electron chi connectivity index (χ1n) is 9.68. The van der Waals surface area contributed by atoms with E-state index in [2.05, 4.69) is 14.9 Å². The maximum atomic E-state index is 13.2. The van der Waals surface area contributed by atoms with Gasteiger partial charge in [-0.1, -0.05) is 29.3 Å². The van der Waals surface area contributed by atoms with Gasteiger partial charge in [-0.3, -0.25) is 14.6 Å². The Morgan fingerprint density at radius 2 is 1.85 bits per heavy atom. The molecule has 3 N–H and O–H groups in total. The molecule has 0 bridgehead atoms. The average molecular weight is 522 g/mol. The van der Waals surface area contributed by atoms with Gasteiger partial charge < -0.3 is 14.6 Å². The van der Waals surface area contributed by atoms with E-state index in [9.17, 15) is 13.2 Å². The van der Waals surface area contributed by atoms with Gasteiger partial charge in [0.05, 0.1) is 30.3 Å². The van der Waals surface area contributed by atoms with E-state index in [1.165, 1.54) is 37.6 Å². The van der Waals surface area contributed by atoms with Gasteiger partial charge in [-0.25, -0.2) is 8.42 Å². The Morgan fingerprint density at radius 1 is 1.09 bits per heavy atom. The number of halogens is 2. The molecular weight excluding hydrogens is 505 g/mol. The van der Waals surface area contributed by atoms with Gasteiger partial charge >= 0.3 is 5.97 Å². The zero-order valence-corrected chi connectivity index (χ0v) is 19.8. The lowest BCUT2D eigenvalue weighted by molar-refractivity contribution is -0.136. The second-order valence-corrected chi connectivity index (χ2v) is 9.60. The van der Waals surface area contributed by atoms with Gasteiger partial charge in [0.15, 0.2) is 17.2 Å². The lowest BCUT2D eigenvalue weighted by Gasteiger charge is -2.17. The second-order valence-electron chi connectivity index (χ2n) is 7.11. The number of fused-ring (bicyclic) bond motifs is 1. The fourth-order valence-corrected chi connectivity index (χ4v) is 5.13. The number of aromatic nitrogens is 2. The van der Waals surface area contributed by atoms with Crippen molar-refractivity contribution in [2.24, 2.45) is 0 Å². The number of aliphatic carboxylic acids is 1. The number of methoxy groups -OCH3 is 1. The fraction of sp³-hybridized carbons (Fsp3) is 0.0909. The van der Waals surface area contributed by atoms with Crippen molar-refractivity contribution in [1.29, 1.82) is 0 Å². The zero-order valence-electron chi connectivity index (χ0n) is 17.5. The van der Waals surface area contributed by atoms with Crippen molar-refractivity contribution < 1.29 is 27.8 Å². The third kappa shape index (κ3) is 4.89. The van der Waals surface area contributed by atoms with Gasteiger partial charge in [0.25, 0.3) is 10.0 Å². The Hall–Kier alpha value is -3.47. The third-order valence-corrected chi connectivity index (χ3v) is 6.88. The number of anilines is 1. The number of carbonyl (C=O) groups is 1. The molecule has 1 aromatic heterocycles. The Morgan fingerprint density at radius 3 is 2.56 bits per heavy atom. The number of rotatable bonds is 8. The molecule has 0 unspecified atom stereocenters. The summed E-state index contributed by atoms with van der Waals surface area (Å²) < 4.78 is 40.2. The summed E-state index contributed by atoms with van der Waals surface area (Å²) in [6, 6.07) is 12.0. The van der Waals surface area contributed by atoms with Crippen molar-refractivity contribution in [1.82, 2.24) is 10.2 Å². The number of carboxylic acids is 1. The summed E-state index contributed by atoms with van der Waals surface area (Å²) in [5.74, 6) is -0.296. The van der Waals surface area contributed by atoms with Gasteiger partial charge in [0.1, 0.15) is 10.6 Å². The Balaban J connectivity index is 1.76. The van der Waals surface area contributed by atoms with Crippen LogP contribution in [0.1, 0.15) is 5.56 Å². The SMILES string of the molecule is COc1cc(CC(=O)O)ccc1Oc1ccc2[nH]ncc2c1NS(=O)(=O)c1ccc(Cl)cc1Cl. The molecule has 4 rings (SSSR count). The van der Waals surface area contributed by atoms with Crippen molar-refractivity contribution in [3.05, 3.63) is 70.3 Å².